The average molecular weight is 277 g/mol. The molecule has 6 nitrogen and oxygen atoms in total. The lowest BCUT2D eigenvalue weighted by Gasteiger charge is -2.17. The summed E-state index contributed by atoms with van der Waals surface area (Å²) < 4.78 is 12.0. The number of aromatic nitrogens is 2. The van der Waals surface area contributed by atoms with E-state index in [1.807, 2.05) is 13.8 Å². The standard InChI is InChI=1S/C11H17ClN2O4/c1-3-17-9(18-4-2)5-6-14-7-8(12)10(15)13-11(14)16/h7,9H,3-6H2,1-2H3,(H,13,15,16). The Balaban J connectivity index is 2.70. The lowest BCUT2D eigenvalue weighted by Crippen LogP contribution is -2.31. The monoisotopic (exact) mass is 276 g/mol. The highest BCUT2D eigenvalue weighted by molar-refractivity contribution is 6.30. The molecule has 0 aromatic carbocycles. The molecular formula is C11H17ClN2O4. The van der Waals surface area contributed by atoms with Crippen LogP contribution in [0, 0.1) is 0 Å². The minimum Gasteiger partial charge on any atom is -0.353 e. The van der Waals surface area contributed by atoms with E-state index in [4.69, 9.17) is 21.1 Å². The second-order valence-electron chi connectivity index (χ2n) is 3.56. The fraction of sp³-hybridized carbons (Fsp3) is 0.636. The van der Waals surface area contributed by atoms with Gasteiger partial charge >= 0.3 is 5.69 Å². The zero-order chi connectivity index (χ0) is 13.5. The van der Waals surface area contributed by atoms with Crippen molar-refractivity contribution in [1.29, 1.82) is 0 Å². The summed E-state index contributed by atoms with van der Waals surface area (Å²) in [6.45, 7) is 5.17. The number of rotatable bonds is 7. The topological polar surface area (TPSA) is 73.3 Å². The number of nitrogens with zero attached hydrogens (tertiary/aromatic N) is 1. The van der Waals surface area contributed by atoms with Crippen LogP contribution < -0.4 is 11.2 Å². The third-order valence-corrected chi connectivity index (χ3v) is 2.55. The van der Waals surface area contributed by atoms with Crippen molar-refractivity contribution in [2.45, 2.75) is 33.1 Å². The van der Waals surface area contributed by atoms with Gasteiger partial charge in [0.05, 0.1) is 0 Å². The number of aryl methyl sites for hydroxylation is 1. The predicted octanol–water partition coefficient (Wildman–Crippen LogP) is 0.979. The second-order valence-corrected chi connectivity index (χ2v) is 3.97. The number of hydrogen-bond donors (Lipinski definition) is 1. The summed E-state index contributed by atoms with van der Waals surface area (Å²) in [4.78, 5) is 24.7. The average Bonchev–Trinajstić information content (AvgIpc) is 2.32. The van der Waals surface area contributed by atoms with Crippen LogP contribution in [-0.4, -0.2) is 29.1 Å². The lowest BCUT2D eigenvalue weighted by atomic mass is 10.4. The Kier molecular flexibility index (Phi) is 6.11. The van der Waals surface area contributed by atoms with Crippen molar-refractivity contribution in [2.24, 2.45) is 0 Å². The molecule has 1 heterocycles. The van der Waals surface area contributed by atoms with Crippen molar-refractivity contribution >= 4 is 11.6 Å². The summed E-state index contributed by atoms with van der Waals surface area (Å²) in [5.74, 6) is 0. The first kappa shape index (κ1) is 14.9. The quantitative estimate of drug-likeness (QED) is 0.754. The SMILES string of the molecule is CCOC(CCn1cc(Cl)c(=O)[nH]c1=O)OCC. The van der Waals surface area contributed by atoms with Gasteiger partial charge < -0.3 is 9.47 Å². The molecule has 0 spiro atoms. The third kappa shape index (κ3) is 4.29. The molecule has 0 aliphatic carbocycles. The third-order valence-electron chi connectivity index (χ3n) is 2.28. The van der Waals surface area contributed by atoms with Gasteiger partial charge in [-0.25, -0.2) is 4.79 Å². The molecule has 0 aliphatic heterocycles. The molecule has 0 aliphatic rings. The molecule has 0 bridgehead atoms. The summed E-state index contributed by atoms with van der Waals surface area (Å²) in [6.07, 6.45) is 1.46. The highest BCUT2D eigenvalue weighted by Gasteiger charge is 2.09. The van der Waals surface area contributed by atoms with E-state index < -0.39 is 11.2 Å². The molecular weight excluding hydrogens is 260 g/mol. The maximum Gasteiger partial charge on any atom is 0.328 e. The maximum absolute atomic E-state index is 11.5. The van der Waals surface area contributed by atoms with Crippen LogP contribution >= 0.6 is 11.6 Å². The van der Waals surface area contributed by atoms with Crippen LogP contribution in [0.3, 0.4) is 0 Å². The molecule has 0 radical (unpaired) electrons. The van der Waals surface area contributed by atoms with Crippen molar-refractivity contribution in [1.82, 2.24) is 9.55 Å². The minimum absolute atomic E-state index is 0.0148. The Bertz CT molecular complexity index is 477. The molecule has 1 N–H and O–H groups in total. The first-order chi connectivity index (χ1) is 8.58. The largest absolute Gasteiger partial charge is 0.353 e. The summed E-state index contributed by atoms with van der Waals surface area (Å²) >= 11 is 5.66. The zero-order valence-electron chi connectivity index (χ0n) is 10.4. The van der Waals surface area contributed by atoms with Crippen LogP contribution in [-0.2, 0) is 16.0 Å². The first-order valence-electron chi connectivity index (χ1n) is 5.81. The molecule has 0 amide bonds. The van der Waals surface area contributed by atoms with Gasteiger partial charge in [0.2, 0.25) is 0 Å². The Morgan fingerprint density at radius 1 is 1.33 bits per heavy atom. The van der Waals surface area contributed by atoms with E-state index in [0.29, 0.717) is 26.2 Å². The summed E-state index contributed by atoms with van der Waals surface area (Å²) in [7, 11) is 0. The fourth-order valence-corrected chi connectivity index (χ4v) is 1.64. The highest BCUT2D eigenvalue weighted by Crippen LogP contribution is 2.04. The summed E-state index contributed by atoms with van der Waals surface area (Å²) in [6, 6.07) is 0. The van der Waals surface area contributed by atoms with Crippen molar-refractivity contribution < 1.29 is 9.47 Å². The zero-order valence-corrected chi connectivity index (χ0v) is 11.2. The molecule has 0 saturated carbocycles. The van der Waals surface area contributed by atoms with Gasteiger partial charge in [-0.3, -0.25) is 14.3 Å². The Morgan fingerprint density at radius 3 is 2.50 bits per heavy atom. The molecule has 0 atom stereocenters. The van der Waals surface area contributed by atoms with E-state index in [9.17, 15) is 9.59 Å². The van der Waals surface area contributed by atoms with E-state index in [-0.39, 0.29) is 11.3 Å². The summed E-state index contributed by atoms with van der Waals surface area (Å²) in [5.41, 5.74) is -1.07. The van der Waals surface area contributed by atoms with Crippen LogP contribution in [0.4, 0.5) is 0 Å². The molecule has 1 aromatic heterocycles. The van der Waals surface area contributed by atoms with Gasteiger partial charge in [-0.1, -0.05) is 11.6 Å². The van der Waals surface area contributed by atoms with Crippen molar-refractivity contribution in [3.8, 4) is 0 Å². The van der Waals surface area contributed by atoms with Gasteiger partial charge in [-0.2, -0.15) is 0 Å². The lowest BCUT2D eigenvalue weighted by molar-refractivity contribution is -0.141. The Labute approximate surface area is 109 Å². The normalized spacial score (nSPS) is 11.1. The van der Waals surface area contributed by atoms with Crippen LogP contribution in [0.1, 0.15) is 20.3 Å². The first-order valence-corrected chi connectivity index (χ1v) is 6.18. The number of H-pyrrole nitrogens is 1. The van der Waals surface area contributed by atoms with Crippen molar-refractivity contribution in [2.75, 3.05) is 13.2 Å². The second kappa shape index (κ2) is 7.35. The van der Waals surface area contributed by atoms with Crippen molar-refractivity contribution in [3.05, 3.63) is 32.1 Å². The van der Waals surface area contributed by atoms with Gasteiger partial charge in [-0.05, 0) is 13.8 Å². The Morgan fingerprint density at radius 2 is 1.94 bits per heavy atom. The molecule has 0 fully saturated rings. The molecule has 0 unspecified atom stereocenters. The number of halogens is 1. The van der Waals surface area contributed by atoms with E-state index in [0.717, 1.165) is 0 Å². The smallest absolute Gasteiger partial charge is 0.328 e. The molecule has 1 aromatic rings. The van der Waals surface area contributed by atoms with Gasteiger partial charge in [0.25, 0.3) is 5.56 Å². The van der Waals surface area contributed by atoms with Crippen LogP contribution in [0.15, 0.2) is 15.8 Å². The van der Waals surface area contributed by atoms with Crippen LogP contribution in [0.2, 0.25) is 5.02 Å². The van der Waals surface area contributed by atoms with Crippen LogP contribution in [0.5, 0.6) is 0 Å². The number of hydrogen-bond acceptors (Lipinski definition) is 4. The van der Waals surface area contributed by atoms with E-state index in [2.05, 4.69) is 4.98 Å². The molecule has 0 saturated heterocycles. The minimum atomic E-state index is -0.580. The molecule has 18 heavy (non-hydrogen) atoms. The maximum atomic E-state index is 11.5. The van der Waals surface area contributed by atoms with Gasteiger partial charge in [0, 0.05) is 32.4 Å². The van der Waals surface area contributed by atoms with E-state index in [1.165, 1.54) is 10.8 Å². The molecule has 1 rings (SSSR count). The summed E-state index contributed by atoms with van der Waals surface area (Å²) in [5, 5.41) is -0.0148. The van der Waals surface area contributed by atoms with E-state index >= 15 is 0 Å². The van der Waals surface area contributed by atoms with Gasteiger partial charge in [-0.15, -0.1) is 0 Å². The number of nitrogens with one attached hydrogen (secondary N) is 1. The van der Waals surface area contributed by atoms with Gasteiger partial charge in [0.15, 0.2) is 6.29 Å². The van der Waals surface area contributed by atoms with E-state index in [1.54, 1.807) is 0 Å². The molecule has 7 heteroatoms. The van der Waals surface area contributed by atoms with Crippen molar-refractivity contribution in [3.63, 3.8) is 0 Å². The number of aromatic amines is 1. The predicted molar refractivity (Wildman–Crippen MR) is 68.0 cm³/mol. The Hall–Kier alpha value is -1.11. The van der Waals surface area contributed by atoms with Gasteiger partial charge in [0.1, 0.15) is 5.02 Å². The number of ether oxygens (including phenoxy) is 2. The van der Waals surface area contributed by atoms with Crippen LogP contribution in [0.25, 0.3) is 0 Å². The highest BCUT2D eigenvalue weighted by atomic mass is 35.5. The fourth-order valence-electron chi connectivity index (χ4n) is 1.48. The molecule has 102 valence electrons.